The molecule has 2 atom stereocenters. The topological polar surface area (TPSA) is 95.9 Å². The predicted molar refractivity (Wildman–Crippen MR) is 107 cm³/mol. The average molecular weight is 395 g/mol. The Hall–Kier alpha value is -2.15. The molecule has 1 saturated heterocycles. The van der Waals surface area contributed by atoms with Crippen LogP contribution in [0, 0.1) is 5.92 Å². The Kier molecular flexibility index (Phi) is 11.9. The molecule has 0 aromatic heterocycles. The molecule has 158 valence electrons. The Morgan fingerprint density at radius 1 is 1.25 bits per heavy atom. The van der Waals surface area contributed by atoms with Crippen molar-refractivity contribution in [2.24, 2.45) is 5.92 Å². The number of rotatable bonds is 14. The molecular formula is C21H34N2O5. The molecule has 1 aliphatic rings. The van der Waals surface area contributed by atoms with Crippen molar-refractivity contribution in [3.05, 3.63) is 25.3 Å². The van der Waals surface area contributed by atoms with Gasteiger partial charge in [-0.15, -0.1) is 13.2 Å². The summed E-state index contributed by atoms with van der Waals surface area (Å²) in [6.07, 6.45) is 8.46. The molecule has 0 aromatic rings. The maximum atomic E-state index is 12.5. The molecule has 0 bridgehead atoms. The van der Waals surface area contributed by atoms with E-state index in [0.29, 0.717) is 19.4 Å². The summed E-state index contributed by atoms with van der Waals surface area (Å²) in [6, 6.07) is -0.147. The van der Waals surface area contributed by atoms with Crippen molar-refractivity contribution in [3.63, 3.8) is 0 Å². The molecular weight excluding hydrogens is 360 g/mol. The minimum Gasteiger partial charge on any atom is -0.464 e. The van der Waals surface area contributed by atoms with Gasteiger partial charge in [0.2, 0.25) is 11.8 Å². The Morgan fingerprint density at radius 3 is 2.71 bits per heavy atom. The fourth-order valence-electron chi connectivity index (χ4n) is 3.28. The van der Waals surface area contributed by atoms with Crippen LogP contribution in [0.15, 0.2) is 25.3 Å². The minimum atomic E-state index is -0.514. The normalized spacial score (nSPS) is 17.0. The van der Waals surface area contributed by atoms with Gasteiger partial charge in [0.15, 0.2) is 0 Å². The van der Waals surface area contributed by atoms with E-state index in [0.717, 1.165) is 32.1 Å². The van der Waals surface area contributed by atoms with E-state index in [1.54, 1.807) is 11.0 Å². The first kappa shape index (κ1) is 23.9. The summed E-state index contributed by atoms with van der Waals surface area (Å²) in [5, 5.41) is 12.1. The summed E-state index contributed by atoms with van der Waals surface area (Å²) in [5.74, 6) is -1.17. The van der Waals surface area contributed by atoms with Crippen LogP contribution in [0.1, 0.15) is 51.4 Å². The number of nitrogens with one attached hydrogen (secondary N) is 1. The number of aliphatic hydroxyl groups is 1. The largest absolute Gasteiger partial charge is 0.464 e. The third kappa shape index (κ3) is 8.69. The van der Waals surface area contributed by atoms with Crippen LogP contribution in [0.3, 0.4) is 0 Å². The molecule has 0 unspecified atom stereocenters. The highest BCUT2D eigenvalue weighted by atomic mass is 16.5. The van der Waals surface area contributed by atoms with Gasteiger partial charge in [0.05, 0.1) is 25.1 Å². The van der Waals surface area contributed by atoms with E-state index < -0.39 is 5.92 Å². The van der Waals surface area contributed by atoms with Crippen LogP contribution < -0.4 is 5.32 Å². The van der Waals surface area contributed by atoms with Crippen molar-refractivity contribution in [1.29, 1.82) is 0 Å². The van der Waals surface area contributed by atoms with E-state index in [4.69, 9.17) is 4.74 Å². The SMILES string of the molecule is C=CCCCCC(=O)OCCNC(=O)[C@H](CC=C)CC(=O)N1CCC[C@H]1CO. The zero-order valence-corrected chi connectivity index (χ0v) is 16.7. The zero-order valence-electron chi connectivity index (χ0n) is 16.7. The molecule has 28 heavy (non-hydrogen) atoms. The number of ether oxygens (including phenoxy) is 1. The van der Waals surface area contributed by atoms with Gasteiger partial charge in [-0.2, -0.15) is 0 Å². The molecule has 0 aliphatic carbocycles. The van der Waals surface area contributed by atoms with Crippen LogP contribution in [-0.2, 0) is 19.1 Å². The van der Waals surface area contributed by atoms with Crippen molar-refractivity contribution >= 4 is 17.8 Å². The van der Waals surface area contributed by atoms with E-state index in [-0.39, 0.29) is 50.0 Å². The molecule has 7 nitrogen and oxygen atoms in total. The Labute approximate surface area is 167 Å². The summed E-state index contributed by atoms with van der Waals surface area (Å²) in [6.45, 7) is 8.18. The lowest BCUT2D eigenvalue weighted by Gasteiger charge is -2.25. The molecule has 0 spiro atoms. The summed E-state index contributed by atoms with van der Waals surface area (Å²) in [4.78, 5) is 38.1. The highest BCUT2D eigenvalue weighted by Crippen LogP contribution is 2.20. The molecule has 1 aliphatic heterocycles. The van der Waals surface area contributed by atoms with Crippen LogP contribution in [-0.4, -0.2) is 60.1 Å². The minimum absolute atomic E-state index is 0.0526. The van der Waals surface area contributed by atoms with Gasteiger partial charge in [-0.05, 0) is 38.5 Å². The molecule has 1 fully saturated rings. The Morgan fingerprint density at radius 2 is 2.04 bits per heavy atom. The lowest BCUT2D eigenvalue weighted by Crippen LogP contribution is -2.41. The number of aliphatic hydroxyl groups excluding tert-OH is 1. The van der Waals surface area contributed by atoms with Crippen molar-refractivity contribution in [2.75, 3.05) is 26.3 Å². The maximum Gasteiger partial charge on any atom is 0.305 e. The highest BCUT2D eigenvalue weighted by Gasteiger charge is 2.30. The average Bonchev–Trinajstić information content (AvgIpc) is 3.17. The van der Waals surface area contributed by atoms with Crippen LogP contribution >= 0.6 is 0 Å². The van der Waals surface area contributed by atoms with Gasteiger partial charge in [0.1, 0.15) is 6.61 Å². The van der Waals surface area contributed by atoms with Gasteiger partial charge in [0.25, 0.3) is 0 Å². The fraction of sp³-hybridized carbons (Fsp3) is 0.667. The molecule has 1 heterocycles. The number of carbonyl (C=O) groups excluding carboxylic acids is 3. The summed E-state index contributed by atoms with van der Waals surface area (Å²) >= 11 is 0. The molecule has 7 heteroatoms. The third-order valence-electron chi connectivity index (χ3n) is 4.85. The van der Waals surface area contributed by atoms with Gasteiger partial charge >= 0.3 is 5.97 Å². The lowest BCUT2D eigenvalue weighted by molar-refractivity contribution is -0.144. The first-order chi connectivity index (χ1) is 13.5. The maximum absolute atomic E-state index is 12.5. The zero-order chi connectivity index (χ0) is 20.8. The number of carbonyl (C=O) groups is 3. The van der Waals surface area contributed by atoms with Crippen molar-refractivity contribution < 1.29 is 24.2 Å². The van der Waals surface area contributed by atoms with E-state index in [1.165, 1.54) is 0 Å². The number of allylic oxidation sites excluding steroid dienone is 2. The third-order valence-corrected chi connectivity index (χ3v) is 4.85. The molecule has 0 saturated carbocycles. The number of amides is 2. The van der Waals surface area contributed by atoms with Gasteiger partial charge in [0, 0.05) is 19.4 Å². The van der Waals surface area contributed by atoms with Crippen LogP contribution in [0.2, 0.25) is 0 Å². The highest BCUT2D eigenvalue weighted by molar-refractivity contribution is 5.86. The smallest absolute Gasteiger partial charge is 0.305 e. The van der Waals surface area contributed by atoms with Crippen LogP contribution in [0.25, 0.3) is 0 Å². The summed E-state index contributed by atoms with van der Waals surface area (Å²) in [5.41, 5.74) is 0. The van der Waals surface area contributed by atoms with Gasteiger partial charge in [-0.1, -0.05) is 12.2 Å². The number of likely N-dealkylation sites (tertiary alicyclic amines) is 1. The fourth-order valence-corrected chi connectivity index (χ4v) is 3.28. The van der Waals surface area contributed by atoms with Gasteiger partial charge in [-0.25, -0.2) is 0 Å². The summed E-state index contributed by atoms with van der Waals surface area (Å²) < 4.78 is 5.10. The van der Waals surface area contributed by atoms with Crippen LogP contribution in [0.4, 0.5) is 0 Å². The summed E-state index contributed by atoms with van der Waals surface area (Å²) in [7, 11) is 0. The molecule has 0 aromatic carbocycles. The molecule has 2 N–H and O–H groups in total. The standard InChI is InChI=1S/C21H34N2O5/c1-3-5-6-7-11-20(26)28-14-12-22-21(27)17(9-4-2)15-19(25)23-13-8-10-18(23)16-24/h3-4,17-18,24H,1-2,5-16H2,(H,22,27)/t17-,18+/m1/s1. The van der Waals surface area contributed by atoms with Crippen molar-refractivity contribution in [1.82, 2.24) is 10.2 Å². The lowest BCUT2D eigenvalue weighted by atomic mass is 9.99. The van der Waals surface area contributed by atoms with Crippen molar-refractivity contribution in [2.45, 2.75) is 57.4 Å². The number of esters is 1. The number of hydrogen-bond acceptors (Lipinski definition) is 5. The predicted octanol–water partition coefficient (Wildman–Crippen LogP) is 1.96. The second-order valence-electron chi connectivity index (χ2n) is 7.04. The molecule has 0 radical (unpaired) electrons. The Balaban J connectivity index is 2.33. The Bertz CT molecular complexity index is 535. The van der Waals surface area contributed by atoms with E-state index in [9.17, 15) is 19.5 Å². The molecule has 1 rings (SSSR count). The van der Waals surface area contributed by atoms with E-state index in [2.05, 4.69) is 18.5 Å². The van der Waals surface area contributed by atoms with Gasteiger partial charge in [-0.3, -0.25) is 14.4 Å². The monoisotopic (exact) mass is 394 g/mol. The van der Waals surface area contributed by atoms with Crippen LogP contribution in [0.5, 0.6) is 0 Å². The second kappa shape index (κ2) is 13.9. The van der Waals surface area contributed by atoms with E-state index in [1.807, 2.05) is 6.08 Å². The van der Waals surface area contributed by atoms with E-state index >= 15 is 0 Å². The quantitative estimate of drug-likeness (QED) is 0.267. The second-order valence-corrected chi connectivity index (χ2v) is 7.04. The first-order valence-electron chi connectivity index (χ1n) is 10.1. The first-order valence-corrected chi connectivity index (χ1v) is 10.1. The number of unbranched alkanes of at least 4 members (excludes halogenated alkanes) is 2. The van der Waals surface area contributed by atoms with Gasteiger partial charge < -0.3 is 20.1 Å². The van der Waals surface area contributed by atoms with Crippen molar-refractivity contribution in [3.8, 4) is 0 Å². The molecule has 2 amide bonds. The number of hydrogen-bond donors (Lipinski definition) is 2. The number of nitrogens with zero attached hydrogens (tertiary/aromatic N) is 1.